The van der Waals surface area contributed by atoms with Crippen LogP contribution in [-0.2, 0) is 12.1 Å². The summed E-state index contributed by atoms with van der Waals surface area (Å²) in [5, 5.41) is 16.0. The van der Waals surface area contributed by atoms with E-state index in [1.807, 2.05) is 0 Å². The van der Waals surface area contributed by atoms with Crippen LogP contribution in [0, 0.1) is 23.1 Å². The van der Waals surface area contributed by atoms with Crippen LogP contribution in [0.25, 0.3) is 11.3 Å². The van der Waals surface area contributed by atoms with E-state index in [0.29, 0.717) is 17.7 Å². The molecule has 2 aromatic rings. The molecule has 2 heterocycles. The van der Waals surface area contributed by atoms with E-state index in [1.165, 1.54) is 21.7 Å². The van der Waals surface area contributed by atoms with Crippen LogP contribution in [0.2, 0.25) is 5.02 Å². The Bertz CT molecular complexity index is 1380. The van der Waals surface area contributed by atoms with E-state index in [1.54, 1.807) is 18.2 Å². The minimum atomic E-state index is -2.96. The minimum absolute atomic E-state index is 0.0431. The van der Waals surface area contributed by atoms with Crippen LogP contribution in [0.3, 0.4) is 0 Å². The lowest BCUT2D eigenvalue weighted by Gasteiger charge is -2.52. The number of nitriles is 1. The lowest BCUT2D eigenvalue weighted by molar-refractivity contribution is -0.167. The fourth-order valence-corrected chi connectivity index (χ4v) is 5.26. The number of carbonyl (C=O) groups excluding carboxylic acids is 2. The second-order valence-corrected chi connectivity index (χ2v) is 9.69. The highest BCUT2D eigenvalue weighted by Gasteiger charge is 2.61. The van der Waals surface area contributed by atoms with Crippen LogP contribution in [0.5, 0.6) is 0 Å². The smallest absolute Gasteiger partial charge is 0.322 e. The van der Waals surface area contributed by atoms with Crippen molar-refractivity contribution in [2.24, 2.45) is 11.7 Å². The number of aromatic nitrogens is 2. The molecule has 3 aliphatic rings. The van der Waals surface area contributed by atoms with Gasteiger partial charge in [-0.15, -0.1) is 0 Å². The van der Waals surface area contributed by atoms with Gasteiger partial charge in [-0.2, -0.15) is 10.4 Å². The van der Waals surface area contributed by atoms with E-state index in [0.717, 1.165) is 6.07 Å². The number of hydrogen-bond acceptors (Lipinski definition) is 4. The van der Waals surface area contributed by atoms with E-state index < -0.39 is 42.1 Å². The van der Waals surface area contributed by atoms with E-state index in [9.17, 15) is 22.8 Å². The standard InChI is InChI=1S/C24H20ClF3N6O2/c25-16-7-14(3-6-17(16)26)20-19(21(30)35)18-9-33(12-23(34(18)32-20)10-24(27,28)11-23)22(36)31-15-4-1-13(8-29)2-5-15/h1,3-7,13H,2,9-12H2,(H2,30,35)(H,31,36). The van der Waals surface area contributed by atoms with Crippen LogP contribution in [-0.4, -0.2) is 39.1 Å². The Labute approximate surface area is 208 Å². The van der Waals surface area contributed by atoms with Crippen LogP contribution in [0.15, 0.2) is 42.1 Å². The molecule has 1 atom stereocenters. The molecule has 1 aromatic heterocycles. The summed E-state index contributed by atoms with van der Waals surface area (Å²) < 4.78 is 43.4. The average molecular weight is 517 g/mol. The van der Waals surface area contributed by atoms with Crippen molar-refractivity contribution in [2.75, 3.05) is 6.54 Å². The highest BCUT2D eigenvalue weighted by molar-refractivity contribution is 6.31. The van der Waals surface area contributed by atoms with Gasteiger partial charge in [-0.05, 0) is 30.7 Å². The van der Waals surface area contributed by atoms with Crippen molar-refractivity contribution in [3.05, 3.63) is 64.2 Å². The van der Waals surface area contributed by atoms with Crippen molar-refractivity contribution in [1.82, 2.24) is 20.0 Å². The molecule has 1 aromatic carbocycles. The second kappa shape index (κ2) is 8.41. The van der Waals surface area contributed by atoms with Crippen LogP contribution < -0.4 is 11.1 Å². The number of alkyl halides is 2. The maximum atomic E-state index is 14.2. The lowest BCUT2D eigenvalue weighted by Crippen LogP contribution is -2.63. The number of amides is 3. The number of primary amides is 1. The first-order valence-electron chi connectivity index (χ1n) is 11.1. The summed E-state index contributed by atoms with van der Waals surface area (Å²) in [6.07, 6.45) is 4.26. The molecule has 1 fully saturated rings. The highest BCUT2D eigenvalue weighted by atomic mass is 35.5. The van der Waals surface area contributed by atoms with Crippen molar-refractivity contribution in [1.29, 1.82) is 5.26 Å². The first kappa shape index (κ1) is 23.9. The third kappa shape index (κ3) is 4.01. The summed E-state index contributed by atoms with van der Waals surface area (Å²) in [7, 11) is 0. The summed E-state index contributed by atoms with van der Waals surface area (Å²) >= 11 is 5.92. The molecule has 3 N–H and O–H groups in total. The molecular weight excluding hydrogens is 497 g/mol. The molecule has 8 nitrogen and oxygen atoms in total. The zero-order valence-electron chi connectivity index (χ0n) is 18.8. The number of fused-ring (bicyclic) bond motifs is 2. The van der Waals surface area contributed by atoms with Gasteiger partial charge in [-0.3, -0.25) is 9.48 Å². The van der Waals surface area contributed by atoms with Crippen molar-refractivity contribution in [2.45, 2.75) is 37.3 Å². The van der Waals surface area contributed by atoms with Crippen LogP contribution >= 0.6 is 11.6 Å². The SMILES string of the molecule is N#CC1C=CC(NC(=O)N2Cc3c(C(N)=O)c(-c4ccc(F)c(Cl)c4)nn3C3(C2)CC(F)(F)C3)=CC1. The number of carbonyl (C=O) groups is 2. The number of nitrogens with two attached hydrogens (primary N) is 1. The van der Waals surface area contributed by atoms with Gasteiger partial charge in [-0.1, -0.05) is 23.8 Å². The largest absolute Gasteiger partial charge is 0.365 e. The topological polar surface area (TPSA) is 117 Å². The Morgan fingerprint density at radius 1 is 1.31 bits per heavy atom. The molecule has 1 spiro atoms. The van der Waals surface area contributed by atoms with Gasteiger partial charge in [0.05, 0.1) is 40.4 Å². The van der Waals surface area contributed by atoms with E-state index in [4.69, 9.17) is 22.6 Å². The Morgan fingerprint density at radius 2 is 2.06 bits per heavy atom. The summed E-state index contributed by atoms with van der Waals surface area (Å²) in [4.78, 5) is 27.0. The van der Waals surface area contributed by atoms with Gasteiger partial charge >= 0.3 is 6.03 Å². The fraction of sp³-hybridized carbons (Fsp3) is 0.333. The van der Waals surface area contributed by atoms with Gasteiger partial charge in [0.1, 0.15) is 11.5 Å². The number of urea groups is 1. The minimum Gasteiger partial charge on any atom is -0.365 e. The van der Waals surface area contributed by atoms with E-state index in [2.05, 4.69) is 16.5 Å². The molecule has 3 amide bonds. The molecular formula is C24H20ClF3N6O2. The molecule has 5 rings (SSSR count). The second-order valence-electron chi connectivity index (χ2n) is 9.29. The predicted molar refractivity (Wildman–Crippen MR) is 123 cm³/mol. The Kier molecular flexibility index (Phi) is 5.59. The molecule has 1 unspecified atom stereocenters. The van der Waals surface area contributed by atoms with Gasteiger partial charge in [0, 0.05) is 30.6 Å². The van der Waals surface area contributed by atoms with Gasteiger partial charge in [0.15, 0.2) is 0 Å². The number of hydrogen-bond donors (Lipinski definition) is 2. The summed E-state index contributed by atoms with van der Waals surface area (Å²) in [5.41, 5.74) is 5.45. The fourth-order valence-electron chi connectivity index (χ4n) is 5.08. The number of rotatable bonds is 3. The molecule has 2 aliphatic carbocycles. The number of allylic oxidation sites excluding steroid dienone is 3. The van der Waals surface area contributed by atoms with E-state index >= 15 is 0 Å². The molecule has 186 valence electrons. The van der Waals surface area contributed by atoms with Crippen LogP contribution in [0.4, 0.5) is 18.0 Å². The van der Waals surface area contributed by atoms with Crippen molar-refractivity contribution in [3.8, 4) is 17.3 Å². The molecule has 0 saturated heterocycles. The maximum absolute atomic E-state index is 14.2. The van der Waals surface area contributed by atoms with Crippen molar-refractivity contribution < 1.29 is 22.8 Å². The summed E-state index contributed by atoms with van der Waals surface area (Å²) in [5.74, 6) is -4.78. The number of nitrogens with zero attached hydrogens (tertiary/aromatic N) is 4. The van der Waals surface area contributed by atoms with Gasteiger partial charge < -0.3 is 16.0 Å². The number of halogens is 4. The van der Waals surface area contributed by atoms with Gasteiger partial charge in [0.25, 0.3) is 11.8 Å². The quantitative estimate of drug-likeness (QED) is 0.639. The van der Waals surface area contributed by atoms with Crippen LogP contribution in [0.1, 0.15) is 35.3 Å². The zero-order chi connectivity index (χ0) is 25.8. The van der Waals surface area contributed by atoms with Crippen molar-refractivity contribution >= 4 is 23.5 Å². The molecule has 0 bridgehead atoms. The first-order chi connectivity index (χ1) is 17.0. The molecule has 12 heteroatoms. The first-order valence-corrected chi connectivity index (χ1v) is 11.5. The Morgan fingerprint density at radius 3 is 2.64 bits per heavy atom. The summed E-state index contributed by atoms with van der Waals surface area (Å²) in [6.45, 7) is -0.181. The normalized spacial score (nSPS) is 21.2. The predicted octanol–water partition coefficient (Wildman–Crippen LogP) is 4.07. The molecule has 1 saturated carbocycles. The zero-order valence-corrected chi connectivity index (χ0v) is 19.5. The van der Waals surface area contributed by atoms with E-state index in [-0.39, 0.29) is 41.0 Å². The van der Waals surface area contributed by atoms with Crippen molar-refractivity contribution in [3.63, 3.8) is 0 Å². The number of nitrogens with one attached hydrogen (secondary N) is 1. The molecule has 1 aliphatic heterocycles. The Hall–Kier alpha value is -3.78. The molecule has 0 radical (unpaired) electrons. The van der Waals surface area contributed by atoms with Gasteiger partial charge in [-0.25, -0.2) is 18.0 Å². The Balaban J connectivity index is 1.53. The monoisotopic (exact) mass is 516 g/mol. The lowest BCUT2D eigenvalue weighted by atomic mass is 9.72. The van der Waals surface area contributed by atoms with Gasteiger partial charge in [0.2, 0.25) is 0 Å². The summed E-state index contributed by atoms with van der Waals surface area (Å²) in [6, 6.07) is 5.32. The third-order valence-electron chi connectivity index (χ3n) is 6.68. The average Bonchev–Trinajstić information content (AvgIpc) is 3.20. The maximum Gasteiger partial charge on any atom is 0.322 e. The molecule has 36 heavy (non-hydrogen) atoms. The number of benzene rings is 1. The third-order valence-corrected chi connectivity index (χ3v) is 6.96. The highest BCUT2D eigenvalue weighted by Crippen LogP contribution is 2.53.